The maximum absolute atomic E-state index is 13.4. The first-order chi connectivity index (χ1) is 15.3. The standard InChI is InChI=1S/C25H27ClN4O2/c1-16(2)13-29-24(31)22-23(27-15-28(22)14-18-6-5-7-20(26)12-18)30(25(29)32)21-10-8-19(9-11-21)17(3)4/h5-12,15-17H,13-14H2,1-4H3. The van der Waals surface area contributed by atoms with Crippen molar-refractivity contribution in [2.75, 3.05) is 0 Å². The number of rotatable bonds is 6. The molecule has 0 radical (unpaired) electrons. The molecule has 166 valence electrons. The van der Waals surface area contributed by atoms with E-state index in [0.29, 0.717) is 40.9 Å². The molecule has 2 aromatic carbocycles. The fourth-order valence-corrected chi connectivity index (χ4v) is 4.11. The normalized spacial score (nSPS) is 11.7. The van der Waals surface area contributed by atoms with Crippen molar-refractivity contribution in [1.29, 1.82) is 0 Å². The summed E-state index contributed by atoms with van der Waals surface area (Å²) in [6, 6.07) is 15.3. The highest BCUT2D eigenvalue weighted by atomic mass is 35.5. The lowest BCUT2D eigenvalue weighted by atomic mass is 10.0. The van der Waals surface area contributed by atoms with Crippen molar-refractivity contribution in [2.45, 2.75) is 46.7 Å². The van der Waals surface area contributed by atoms with Gasteiger partial charge in [-0.05, 0) is 47.2 Å². The summed E-state index contributed by atoms with van der Waals surface area (Å²) < 4.78 is 4.65. The maximum atomic E-state index is 13.4. The molecule has 2 aromatic heterocycles. The summed E-state index contributed by atoms with van der Waals surface area (Å²) in [6.07, 6.45) is 1.62. The minimum atomic E-state index is -0.374. The average molecular weight is 451 g/mol. The molecule has 0 aliphatic rings. The van der Waals surface area contributed by atoms with Gasteiger partial charge in [0.1, 0.15) is 0 Å². The summed E-state index contributed by atoms with van der Waals surface area (Å²) in [6.45, 7) is 8.99. The third-order valence-corrected chi connectivity index (χ3v) is 5.74. The summed E-state index contributed by atoms with van der Waals surface area (Å²) in [5, 5.41) is 0.631. The van der Waals surface area contributed by atoms with Gasteiger partial charge in [-0.3, -0.25) is 9.36 Å². The van der Waals surface area contributed by atoms with Crippen LogP contribution >= 0.6 is 11.6 Å². The van der Waals surface area contributed by atoms with Crippen LogP contribution in [-0.4, -0.2) is 18.7 Å². The van der Waals surface area contributed by atoms with Gasteiger partial charge in [-0.2, -0.15) is 0 Å². The van der Waals surface area contributed by atoms with Crippen molar-refractivity contribution in [3.63, 3.8) is 0 Å². The van der Waals surface area contributed by atoms with Crippen LogP contribution in [0.4, 0.5) is 0 Å². The molecule has 0 saturated carbocycles. The number of benzene rings is 2. The zero-order chi connectivity index (χ0) is 23.0. The fourth-order valence-electron chi connectivity index (χ4n) is 3.90. The zero-order valence-electron chi connectivity index (χ0n) is 18.7. The number of halogens is 1. The van der Waals surface area contributed by atoms with Gasteiger partial charge in [0.05, 0.1) is 12.0 Å². The van der Waals surface area contributed by atoms with Crippen molar-refractivity contribution < 1.29 is 0 Å². The zero-order valence-corrected chi connectivity index (χ0v) is 19.5. The Morgan fingerprint density at radius 2 is 1.72 bits per heavy atom. The van der Waals surface area contributed by atoms with Gasteiger partial charge in [-0.15, -0.1) is 0 Å². The van der Waals surface area contributed by atoms with E-state index in [1.807, 2.05) is 62.4 Å². The van der Waals surface area contributed by atoms with E-state index in [4.69, 9.17) is 11.6 Å². The molecule has 0 bridgehead atoms. The van der Waals surface area contributed by atoms with E-state index in [9.17, 15) is 9.59 Å². The molecule has 0 aliphatic heterocycles. The quantitative estimate of drug-likeness (QED) is 0.422. The largest absolute Gasteiger partial charge is 0.337 e. The Morgan fingerprint density at radius 3 is 2.34 bits per heavy atom. The first kappa shape index (κ1) is 22.1. The van der Waals surface area contributed by atoms with Crippen LogP contribution in [-0.2, 0) is 13.1 Å². The Hall–Kier alpha value is -3.12. The van der Waals surface area contributed by atoms with Gasteiger partial charge in [0, 0.05) is 18.1 Å². The molecule has 0 N–H and O–H groups in total. The van der Waals surface area contributed by atoms with E-state index in [2.05, 4.69) is 18.8 Å². The van der Waals surface area contributed by atoms with Crippen molar-refractivity contribution in [2.24, 2.45) is 5.92 Å². The van der Waals surface area contributed by atoms with E-state index in [0.717, 1.165) is 5.56 Å². The second-order valence-electron chi connectivity index (χ2n) is 8.85. The van der Waals surface area contributed by atoms with Crippen LogP contribution in [0.3, 0.4) is 0 Å². The van der Waals surface area contributed by atoms with Crippen molar-refractivity contribution in [1.82, 2.24) is 18.7 Å². The monoisotopic (exact) mass is 450 g/mol. The second-order valence-corrected chi connectivity index (χ2v) is 9.28. The van der Waals surface area contributed by atoms with Crippen LogP contribution in [0.15, 0.2) is 64.4 Å². The molecule has 7 heteroatoms. The number of aromatic nitrogens is 4. The lowest BCUT2D eigenvalue weighted by Gasteiger charge is -2.15. The first-order valence-corrected chi connectivity index (χ1v) is 11.2. The average Bonchev–Trinajstić information content (AvgIpc) is 3.14. The molecule has 0 spiro atoms. The van der Waals surface area contributed by atoms with Crippen molar-refractivity contribution >= 4 is 22.8 Å². The topological polar surface area (TPSA) is 61.8 Å². The molecule has 6 nitrogen and oxygen atoms in total. The molecule has 0 atom stereocenters. The Balaban J connectivity index is 1.96. The number of hydrogen-bond acceptors (Lipinski definition) is 3. The Kier molecular flexibility index (Phi) is 6.07. The fraction of sp³-hybridized carbons (Fsp3) is 0.320. The predicted octanol–water partition coefficient (Wildman–Crippen LogP) is 4.83. The van der Waals surface area contributed by atoms with E-state index in [1.165, 1.54) is 14.7 Å². The molecule has 2 heterocycles. The molecule has 4 aromatic rings. The van der Waals surface area contributed by atoms with Crippen LogP contribution in [0.5, 0.6) is 0 Å². The Bertz CT molecular complexity index is 1380. The molecular weight excluding hydrogens is 424 g/mol. The van der Waals surface area contributed by atoms with Gasteiger partial charge in [-0.25, -0.2) is 14.3 Å². The number of nitrogens with zero attached hydrogens (tertiary/aromatic N) is 4. The summed E-state index contributed by atoms with van der Waals surface area (Å²) in [4.78, 5) is 31.3. The lowest BCUT2D eigenvalue weighted by molar-refractivity contribution is 0.489. The van der Waals surface area contributed by atoms with Crippen LogP contribution in [0.1, 0.15) is 44.7 Å². The Labute approximate surface area is 191 Å². The molecule has 0 amide bonds. The summed E-state index contributed by atoms with van der Waals surface area (Å²) in [5.74, 6) is 0.520. The van der Waals surface area contributed by atoms with Gasteiger partial charge in [0.15, 0.2) is 11.2 Å². The molecule has 0 unspecified atom stereocenters. The molecule has 4 rings (SSSR count). The van der Waals surface area contributed by atoms with Gasteiger partial charge >= 0.3 is 5.69 Å². The maximum Gasteiger partial charge on any atom is 0.337 e. The summed E-state index contributed by atoms with van der Waals surface area (Å²) in [7, 11) is 0. The van der Waals surface area contributed by atoms with Gasteiger partial charge < -0.3 is 4.57 Å². The Morgan fingerprint density at radius 1 is 1.00 bits per heavy atom. The highest BCUT2D eigenvalue weighted by molar-refractivity contribution is 6.30. The van der Waals surface area contributed by atoms with E-state index in [-0.39, 0.29) is 17.2 Å². The van der Waals surface area contributed by atoms with Gasteiger partial charge in [0.25, 0.3) is 5.56 Å². The van der Waals surface area contributed by atoms with E-state index < -0.39 is 0 Å². The second kappa shape index (κ2) is 8.79. The molecule has 0 fully saturated rings. The van der Waals surface area contributed by atoms with Crippen LogP contribution in [0, 0.1) is 5.92 Å². The van der Waals surface area contributed by atoms with Crippen LogP contribution < -0.4 is 11.2 Å². The predicted molar refractivity (Wildman–Crippen MR) is 129 cm³/mol. The molecule has 0 aliphatic carbocycles. The number of imidazole rings is 1. The molecular formula is C25H27ClN4O2. The van der Waals surface area contributed by atoms with Gasteiger partial charge in [0.2, 0.25) is 0 Å². The van der Waals surface area contributed by atoms with Crippen molar-refractivity contribution in [3.05, 3.63) is 91.8 Å². The molecule has 32 heavy (non-hydrogen) atoms. The first-order valence-electron chi connectivity index (χ1n) is 10.8. The third-order valence-electron chi connectivity index (χ3n) is 5.51. The summed E-state index contributed by atoms with van der Waals surface area (Å²) in [5.41, 5.74) is 2.88. The van der Waals surface area contributed by atoms with Crippen LogP contribution in [0.25, 0.3) is 16.9 Å². The number of hydrogen-bond donors (Lipinski definition) is 0. The summed E-state index contributed by atoms with van der Waals surface area (Å²) >= 11 is 6.14. The minimum Gasteiger partial charge on any atom is -0.320 e. The highest BCUT2D eigenvalue weighted by Crippen LogP contribution is 2.19. The third kappa shape index (κ3) is 4.15. The molecule has 0 saturated heterocycles. The van der Waals surface area contributed by atoms with Crippen LogP contribution in [0.2, 0.25) is 5.02 Å². The van der Waals surface area contributed by atoms with E-state index >= 15 is 0 Å². The SMILES string of the molecule is CC(C)Cn1c(=O)c2c(ncn2Cc2cccc(Cl)c2)n(-c2ccc(C(C)C)cc2)c1=O. The highest BCUT2D eigenvalue weighted by Gasteiger charge is 2.20. The smallest absolute Gasteiger partial charge is 0.320 e. The number of fused-ring (bicyclic) bond motifs is 1. The van der Waals surface area contributed by atoms with Crippen molar-refractivity contribution in [3.8, 4) is 5.69 Å². The lowest BCUT2D eigenvalue weighted by Crippen LogP contribution is -2.41. The van der Waals surface area contributed by atoms with E-state index in [1.54, 1.807) is 10.9 Å². The minimum absolute atomic E-state index is 0.138. The van der Waals surface area contributed by atoms with Gasteiger partial charge in [-0.1, -0.05) is 63.6 Å².